The Morgan fingerprint density at radius 3 is 2.71 bits per heavy atom. The molecule has 3 rings (SSSR count). The van der Waals surface area contributed by atoms with Gasteiger partial charge in [-0.1, -0.05) is 0 Å². The van der Waals surface area contributed by atoms with E-state index in [2.05, 4.69) is 23.7 Å². The van der Waals surface area contributed by atoms with Crippen molar-refractivity contribution in [2.24, 2.45) is 0 Å². The Morgan fingerprint density at radius 2 is 2.05 bits per heavy atom. The van der Waals surface area contributed by atoms with Crippen LogP contribution in [0.5, 0.6) is 0 Å². The van der Waals surface area contributed by atoms with Crippen molar-refractivity contribution in [3.8, 4) is 0 Å². The van der Waals surface area contributed by atoms with Crippen molar-refractivity contribution in [2.45, 2.75) is 57.5 Å². The fourth-order valence-electron chi connectivity index (χ4n) is 3.40. The fourth-order valence-corrected chi connectivity index (χ4v) is 3.40. The molecule has 4 nitrogen and oxygen atoms in total. The molecule has 0 unspecified atom stereocenters. The molecule has 0 N–H and O–H groups in total. The highest BCUT2D eigenvalue weighted by Crippen LogP contribution is 2.37. The van der Waals surface area contributed by atoms with Gasteiger partial charge in [0.25, 0.3) is 0 Å². The maximum atomic E-state index is 6.15. The van der Waals surface area contributed by atoms with Gasteiger partial charge in [0.2, 0.25) is 0 Å². The highest BCUT2D eigenvalue weighted by molar-refractivity contribution is 5.08. The normalized spacial score (nSPS) is 25.8. The average molecular weight is 290 g/mol. The third-order valence-corrected chi connectivity index (χ3v) is 4.85. The van der Waals surface area contributed by atoms with Crippen LogP contribution in [0.1, 0.15) is 38.7 Å². The number of hydrogen-bond acceptors (Lipinski definition) is 4. The van der Waals surface area contributed by atoms with Crippen LogP contribution in [0.3, 0.4) is 0 Å². The molecule has 21 heavy (non-hydrogen) atoms. The van der Waals surface area contributed by atoms with E-state index >= 15 is 0 Å². The summed E-state index contributed by atoms with van der Waals surface area (Å²) in [6, 6.07) is 4.65. The van der Waals surface area contributed by atoms with Gasteiger partial charge in [-0.2, -0.15) is 0 Å². The minimum atomic E-state index is 0.0777. The van der Waals surface area contributed by atoms with Gasteiger partial charge < -0.3 is 14.4 Å². The Bertz CT molecular complexity index is 441. The Morgan fingerprint density at radius 1 is 1.33 bits per heavy atom. The van der Waals surface area contributed by atoms with Crippen molar-refractivity contribution in [1.82, 2.24) is 9.88 Å². The molecule has 0 aliphatic carbocycles. The lowest BCUT2D eigenvalue weighted by molar-refractivity contribution is -0.0501. The van der Waals surface area contributed by atoms with Gasteiger partial charge in [0, 0.05) is 37.9 Å². The van der Waals surface area contributed by atoms with Crippen molar-refractivity contribution in [3.63, 3.8) is 0 Å². The minimum Gasteiger partial charge on any atom is -0.372 e. The Kier molecular flexibility index (Phi) is 4.57. The second kappa shape index (κ2) is 6.42. The maximum absolute atomic E-state index is 6.15. The zero-order chi connectivity index (χ0) is 14.7. The van der Waals surface area contributed by atoms with E-state index in [0.29, 0.717) is 12.6 Å². The van der Waals surface area contributed by atoms with Crippen LogP contribution in [-0.4, -0.2) is 47.3 Å². The third kappa shape index (κ3) is 3.62. The Labute approximate surface area is 127 Å². The van der Waals surface area contributed by atoms with Crippen molar-refractivity contribution >= 4 is 0 Å². The molecule has 0 bridgehead atoms. The monoisotopic (exact) mass is 290 g/mol. The minimum absolute atomic E-state index is 0.0777. The largest absolute Gasteiger partial charge is 0.372 e. The molecule has 0 saturated carbocycles. The number of pyridine rings is 1. The number of nitrogens with zero attached hydrogens (tertiary/aromatic N) is 2. The van der Waals surface area contributed by atoms with Crippen molar-refractivity contribution in [2.75, 3.05) is 19.7 Å². The maximum Gasteiger partial charge on any atom is 0.0840 e. The van der Waals surface area contributed by atoms with E-state index in [4.69, 9.17) is 9.47 Å². The number of likely N-dealkylation sites (tertiary alicyclic amines) is 1. The SMILES string of the molecule is CC(C)N1CCC2(CC1)C[C@H](OCc1ccncc1)CO2. The summed E-state index contributed by atoms with van der Waals surface area (Å²) in [4.78, 5) is 6.57. The molecule has 2 fully saturated rings. The van der Waals surface area contributed by atoms with Crippen molar-refractivity contribution < 1.29 is 9.47 Å². The summed E-state index contributed by atoms with van der Waals surface area (Å²) in [7, 11) is 0. The van der Waals surface area contributed by atoms with Gasteiger partial charge in [-0.25, -0.2) is 0 Å². The van der Waals surface area contributed by atoms with Gasteiger partial charge in [0.05, 0.1) is 24.9 Å². The van der Waals surface area contributed by atoms with Crippen LogP contribution in [0.4, 0.5) is 0 Å². The van der Waals surface area contributed by atoms with E-state index in [1.165, 1.54) is 5.56 Å². The third-order valence-electron chi connectivity index (χ3n) is 4.85. The molecular weight excluding hydrogens is 264 g/mol. The smallest absolute Gasteiger partial charge is 0.0840 e. The summed E-state index contributed by atoms with van der Waals surface area (Å²) in [6.07, 6.45) is 7.19. The van der Waals surface area contributed by atoms with Crippen molar-refractivity contribution in [3.05, 3.63) is 30.1 Å². The summed E-state index contributed by atoms with van der Waals surface area (Å²) in [6.45, 7) is 8.24. The zero-order valence-corrected chi connectivity index (χ0v) is 13.1. The van der Waals surface area contributed by atoms with Crippen molar-refractivity contribution in [1.29, 1.82) is 0 Å². The van der Waals surface area contributed by atoms with E-state index in [-0.39, 0.29) is 11.7 Å². The average Bonchev–Trinajstić information content (AvgIpc) is 2.90. The molecule has 2 saturated heterocycles. The first kappa shape index (κ1) is 14.9. The molecule has 2 aliphatic rings. The number of rotatable bonds is 4. The summed E-state index contributed by atoms with van der Waals surface area (Å²) < 4.78 is 12.2. The van der Waals surface area contributed by atoms with Crippen LogP contribution in [-0.2, 0) is 16.1 Å². The lowest BCUT2D eigenvalue weighted by Crippen LogP contribution is -2.46. The molecule has 1 aromatic heterocycles. The number of aromatic nitrogens is 1. The molecule has 3 heterocycles. The first-order valence-electron chi connectivity index (χ1n) is 8.05. The second-order valence-electron chi connectivity index (χ2n) is 6.62. The second-order valence-corrected chi connectivity index (χ2v) is 6.62. The number of hydrogen-bond donors (Lipinski definition) is 0. The van der Waals surface area contributed by atoms with Gasteiger partial charge in [0.15, 0.2) is 0 Å². The standard InChI is InChI=1S/C17H26N2O2/c1-14(2)19-9-5-17(6-10-19)11-16(13-21-17)20-12-15-3-7-18-8-4-15/h3-4,7-8,14,16H,5-6,9-13H2,1-2H3/t16-/m0/s1. The van der Waals surface area contributed by atoms with Crippen LogP contribution >= 0.6 is 0 Å². The van der Waals surface area contributed by atoms with Crippen LogP contribution in [0.15, 0.2) is 24.5 Å². The van der Waals surface area contributed by atoms with Crippen LogP contribution in [0, 0.1) is 0 Å². The summed E-state index contributed by atoms with van der Waals surface area (Å²) in [5.41, 5.74) is 1.26. The summed E-state index contributed by atoms with van der Waals surface area (Å²) in [5, 5.41) is 0. The van der Waals surface area contributed by atoms with Crippen LogP contribution in [0.25, 0.3) is 0 Å². The molecule has 2 aliphatic heterocycles. The van der Waals surface area contributed by atoms with Gasteiger partial charge in [-0.05, 0) is 44.4 Å². The molecule has 116 valence electrons. The molecule has 1 atom stereocenters. The number of piperidine rings is 1. The first-order chi connectivity index (χ1) is 10.2. The molecular formula is C17H26N2O2. The van der Waals surface area contributed by atoms with E-state index < -0.39 is 0 Å². The van der Waals surface area contributed by atoms with E-state index in [1.54, 1.807) is 0 Å². The molecule has 0 amide bonds. The van der Waals surface area contributed by atoms with Gasteiger partial charge in [-0.3, -0.25) is 4.98 Å². The van der Waals surface area contributed by atoms with Gasteiger partial charge >= 0.3 is 0 Å². The molecule has 1 spiro atoms. The zero-order valence-electron chi connectivity index (χ0n) is 13.1. The lowest BCUT2D eigenvalue weighted by atomic mass is 9.87. The Balaban J connectivity index is 1.47. The quantitative estimate of drug-likeness (QED) is 0.854. The van der Waals surface area contributed by atoms with Crippen LogP contribution < -0.4 is 0 Å². The predicted molar refractivity (Wildman–Crippen MR) is 82.1 cm³/mol. The molecule has 0 radical (unpaired) electrons. The molecule has 0 aromatic carbocycles. The lowest BCUT2D eigenvalue weighted by Gasteiger charge is -2.40. The summed E-state index contributed by atoms with van der Waals surface area (Å²) >= 11 is 0. The van der Waals surface area contributed by atoms with Gasteiger partial charge in [0.1, 0.15) is 0 Å². The van der Waals surface area contributed by atoms with E-state index in [9.17, 15) is 0 Å². The fraction of sp³-hybridized carbons (Fsp3) is 0.706. The molecule has 4 heteroatoms. The highest BCUT2D eigenvalue weighted by Gasteiger charge is 2.43. The predicted octanol–water partition coefficient (Wildman–Crippen LogP) is 2.63. The topological polar surface area (TPSA) is 34.6 Å². The Hall–Kier alpha value is -0.970. The van der Waals surface area contributed by atoms with E-state index in [0.717, 1.165) is 39.0 Å². The first-order valence-corrected chi connectivity index (χ1v) is 8.05. The van der Waals surface area contributed by atoms with E-state index in [1.807, 2.05) is 24.5 Å². The van der Waals surface area contributed by atoms with Crippen LogP contribution in [0.2, 0.25) is 0 Å². The van der Waals surface area contributed by atoms with Gasteiger partial charge in [-0.15, -0.1) is 0 Å². The summed E-state index contributed by atoms with van der Waals surface area (Å²) in [5.74, 6) is 0. The number of ether oxygens (including phenoxy) is 2. The highest BCUT2D eigenvalue weighted by atomic mass is 16.6. The molecule has 1 aromatic rings.